The number of aromatic hydroxyl groups is 1. The molecular weight excluding hydrogens is 450 g/mol. The third kappa shape index (κ3) is 4.07. The van der Waals surface area contributed by atoms with Gasteiger partial charge in [0.05, 0.1) is 16.8 Å². The molecule has 168 valence electrons. The molecule has 5 rings (SSSR count). The minimum absolute atomic E-state index is 0.0907. The van der Waals surface area contributed by atoms with E-state index in [9.17, 15) is 18.1 Å². The highest BCUT2D eigenvalue weighted by Crippen LogP contribution is 2.39. The Morgan fingerprint density at radius 3 is 2.15 bits per heavy atom. The van der Waals surface area contributed by atoms with Gasteiger partial charge in [0.1, 0.15) is 10.6 Å². The average molecular weight is 470 g/mol. The molecule has 0 aliphatic heterocycles. The number of phenolic OH excluding ortho intramolecular Hbond substituents is 1. The molecule has 0 fully saturated rings. The zero-order valence-corrected chi connectivity index (χ0v) is 18.6. The Kier molecular flexibility index (Phi) is 5.45. The number of hydrogen-bond acceptors (Lipinski definition) is 6. The fraction of sp³-hybridized carbons (Fsp3) is 0. The van der Waals surface area contributed by atoms with E-state index in [1.54, 1.807) is 42.5 Å². The summed E-state index contributed by atoms with van der Waals surface area (Å²) in [6.07, 6.45) is 0. The third-order valence-corrected chi connectivity index (χ3v) is 6.33. The Labute approximate surface area is 195 Å². The lowest BCUT2D eigenvalue weighted by atomic mass is 10.1. The lowest BCUT2D eigenvalue weighted by Crippen LogP contribution is -2.01. The van der Waals surface area contributed by atoms with Crippen LogP contribution in [0.5, 0.6) is 5.75 Å². The number of anilines is 2. The minimum atomic E-state index is -4.51. The zero-order chi connectivity index (χ0) is 23.7. The molecule has 0 heterocycles. The van der Waals surface area contributed by atoms with Gasteiger partial charge in [-0.05, 0) is 47.9 Å². The minimum Gasteiger partial charge on any atom is -0.507 e. The Morgan fingerprint density at radius 1 is 0.676 bits per heavy atom. The summed E-state index contributed by atoms with van der Waals surface area (Å²) in [6, 6.07) is 27.9. The summed E-state index contributed by atoms with van der Waals surface area (Å²) in [5, 5.41) is 24.4. The summed E-state index contributed by atoms with van der Waals surface area (Å²) in [4.78, 5) is -0.233. The molecule has 0 spiro atoms. The SMILES string of the molecule is O=S(=O)(O)c1cccc2c(N=Nc3cccc4cccc(O)c34)ccc(Nc3ccccc3)c12. The van der Waals surface area contributed by atoms with Gasteiger partial charge in [-0.2, -0.15) is 8.42 Å². The van der Waals surface area contributed by atoms with Crippen molar-refractivity contribution in [1.29, 1.82) is 0 Å². The largest absolute Gasteiger partial charge is 0.507 e. The fourth-order valence-electron chi connectivity index (χ4n) is 3.93. The number of azo groups is 1. The van der Waals surface area contributed by atoms with Crippen LogP contribution >= 0.6 is 0 Å². The van der Waals surface area contributed by atoms with E-state index >= 15 is 0 Å². The summed E-state index contributed by atoms with van der Waals surface area (Å²) in [6.45, 7) is 0. The smallest absolute Gasteiger partial charge is 0.295 e. The van der Waals surface area contributed by atoms with Crippen molar-refractivity contribution >= 4 is 54.4 Å². The van der Waals surface area contributed by atoms with Gasteiger partial charge in [0.25, 0.3) is 10.1 Å². The predicted octanol–water partition coefficient (Wildman–Crippen LogP) is 7.10. The van der Waals surface area contributed by atoms with Crippen LogP contribution < -0.4 is 5.32 Å². The number of phenols is 1. The van der Waals surface area contributed by atoms with E-state index in [0.29, 0.717) is 33.2 Å². The lowest BCUT2D eigenvalue weighted by Gasteiger charge is -2.14. The molecule has 5 aromatic carbocycles. The molecule has 8 heteroatoms. The van der Waals surface area contributed by atoms with Crippen LogP contribution in [0.2, 0.25) is 0 Å². The monoisotopic (exact) mass is 469 g/mol. The van der Waals surface area contributed by atoms with Crippen molar-refractivity contribution in [2.75, 3.05) is 5.32 Å². The summed E-state index contributed by atoms with van der Waals surface area (Å²) in [7, 11) is -4.51. The van der Waals surface area contributed by atoms with Crippen molar-refractivity contribution in [2.24, 2.45) is 10.2 Å². The van der Waals surface area contributed by atoms with Gasteiger partial charge in [0.2, 0.25) is 0 Å². The Balaban J connectivity index is 1.69. The van der Waals surface area contributed by atoms with Crippen molar-refractivity contribution in [3.8, 4) is 5.75 Å². The molecule has 0 saturated carbocycles. The first-order valence-corrected chi connectivity index (χ1v) is 11.8. The zero-order valence-electron chi connectivity index (χ0n) is 17.8. The molecule has 7 nitrogen and oxygen atoms in total. The molecule has 0 aliphatic rings. The molecule has 0 amide bonds. The van der Waals surface area contributed by atoms with Crippen LogP contribution in [-0.2, 0) is 10.1 Å². The second-order valence-electron chi connectivity index (χ2n) is 7.63. The van der Waals surface area contributed by atoms with Gasteiger partial charge in [-0.3, -0.25) is 4.55 Å². The number of fused-ring (bicyclic) bond motifs is 2. The van der Waals surface area contributed by atoms with Crippen molar-refractivity contribution in [3.63, 3.8) is 0 Å². The van der Waals surface area contributed by atoms with E-state index in [4.69, 9.17) is 0 Å². The van der Waals surface area contributed by atoms with Gasteiger partial charge in [0.15, 0.2) is 0 Å². The fourth-order valence-corrected chi connectivity index (χ4v) is 4.66. The molecule has 0 unspecified atom stereocenters. The van der Waals surface area contributed by atoms with Crippen molar-refractivity contribution in [1.82, 2.24) is 0 Å². The number of nitrogens with zero attached hydrogens (tertiary/aromatic N) is 2. The highest BCUT2D eigenvalue weighted by molar-refractivity contribution is 7.86. The molecule has 3 N–H and O–H groups in total. The lowest BCUT2D eigenvalue weighted by molar-refractivity contribution is 0.481. The van der Waals surface area contributed by atoms with Crippen molar-refractivity contribution in [2.45, 2.75) is 4.90 Å². The number of para-hydroxylation sites is 1. The van der Waals surface area contributed by atoms with Crippen LogP contribution in [0.1, 0.15) is 0 Å². The topological polar surface area (TPSA) is 111 Å². The second kappa shape index (κ2) is 8.58. The van der Waals surface area contributed by atoms with E-state index < -0.39 is 10.1 Å². The Morgan fingerprint density at radius 2 is 1.38 bits per heavy atom. The van der Waals surface area contributed by atoms with E-state index in [2.05, 4.69) is 15.5 Å². The molecule has 0 aromatic heterocycles. The maximum Gasteiger partial charge on any atom is 0.295 e. The standard InChI is InChI=1S/C26H19N3O4S/c30-23-13-5-8-17-7-4-12-22(25(17)23)29-28-20-15-16-21(27-18-9-2-1-3-10-18)26-19(20)11-6-14-24(26)34(31,32)33/h1-16,27,30H,(H,31,32,33). The van der Waals surface area contributed by atoms with Gasteiger partial charge >= 0.3 is 0 Å². The summed E-state index contributed by atoms with van der Waals surface area (Å²) >= 11 is 0. The third-order valence-electron chi connectivity index (χ3n) is 5.44. The van der Waals surface area contributed by atoms with Gasteiger partial charge in [-0.1, -0.05) is 54.6 Å². The second-order valence-corrected chi connectivity index (χ2v) is 9.02. The Bertz CT molecular complexity index is 1660. The number of rotatable bonds is 5. The quantitative estimate of drug-likeness (QED) is 0.188. The normalized spacial score (nSPS) is 11.9. The van der Waals surface area contributed by atoms with E-state index in [0.717, 1.165) is 11.1 Å². The van der Waals surface area contributed by atoms with Crippen molar-refractivity contribution < 1.29 is 18.1 Å². The predicted molar refractivity (Wildman–Crippen MR) is 133 cm³/mol. The van der Waals surface area contributed by atoms with Crippen LogP contribution in [0, 0.1) is 0 Å². The van der Waals surface area contributed by atoms with Crippen LogP contribution in [0.4, 0.5) is 22.7 Å². The molecule has 0 saturated heterocycles. The highest BCUT2D eigenvalue weighted by atomic mass is 32.2. The van der Waals surface area contributed by atoms with Gasteiger partial charge < -0.3 is 10.4 Å². The van der Waals surface area contributed by atoms with Crippen LogP contribution in [-0.4, -0.2) is 18.1 Å². The van der Waals surface area contributed by atoms with Crippen molar-refractivity contribution in [3.05, 3.63) is 97.1 Å². The van der Waals surface area contributed by atoms with Gasteiger partial charge in [-0.15, -0.1) is 10.2 Å². The van der Waals surface area contributed by atoms with Gasteiger partial charge in [-0.25, -0.2) is 0 Å². The van der Waals surface area contributed by atoms with Gasteiger partial charge in [0, 0.05) is 22.1 Å². The molecule has 34 heavy (non-hydrogen) atoms. The number of hydrogen-bond donors (Lipinski definition) is 3. The molecular formula is C26H19N3O4S. The Hall–Kier alpha value is -4.27. The van der Waals surface area contributed by atoms with E-state index in [1.165, 1.54) is 6.07 Å². The maximum absolute atomic E-state index is 12.2. The summed E-state index contributed by atoms with van der Waals surface area (Å²) in [5.41, 5.74) is 2.14. The summed E-state index contributed by atoms with van der Waals surface area (Å²) in [5.74, 6) is 0.0907. The number of benzene rings is 5. The number of nitrogens with one attached hydrogen (secondary N) is 1. The highest BCUT2D eigenvalue weighted by Gasteiger charge is 2.19. The van der Waals surface area contributed by atoms with E-state index in [-0.39, 0.29) is 10.6 Å². The maximum atomic E-state index is 12.2. The van der Waals surface area contributed by atoms with E-state index in [1.807, 2.05) is 48.5 Å². The average Bonchev–Trinajstić information content (AvgIpc) is 2.83. The molecule has 0 radical (unpaired) electrons. The first-order chi connectivity index (χ1) is 16.4. The van der Waals surface area contributed by atoms with Crippen LogP contribution in [0.3, 0.4) is 0 Å². The first kappa shape index (κ1) is 21.6. The van der Waals surface area contributed by atoms with Crippen LogP contribution in [0.25, 0.3) is 21.5 Å². The molecule has 5 aromatic rings. The molecule has 0 bridgehead atoms. The summed E-state index contributed by atoms with van der Waals surface area (Å²) < 4.78 is 34.2. The molecule has 0 atom stereocenters. The first-order valence-electron chi connectivity index (χ1n) is 10.4. The van der Waals surface area contributed by atoms with Crippen LogP contribution in [0.15, 0.2) is 112 Å². The molecule has 0 aliphatic carbocycles.